The fourth-order valence-electron chi connectivity index (χ4n) is 5.11. The summed E-state index contributed by atoms with van der Waals surface area (Å²) >= 11 is 12.2. The van der Waals surface area contributed by atoms with E-state index in [1.165, 1.54) is 6.07 Å². The Morgan fingerprint density at radius 3 is 2.54 bits per heavy atom. The van der Waals surface area contributed by atoms with E-state index in [-0.39, 0.29) is 33.5 Å². The number of hydrogen-bond acceptors (Lipinski definition) is 5. The molecule has 0 amide bonds. The zero-order valence-corrected chi connectivity index (χ0v) is 22.8. The van der Waals surface area contributed by atoms with Gasteiger partial charge in [-0.3, -0.25) is 4.72 Å². The van der Waals surface area contributed by atoms with Crippen LogP contribution in [0, 0.1) is 5.92 Å². The molecule has 0 spiro atoms. The first kappa shape index (κ1) is 25.8. The molecule has 3 aromatic rings. The third-order valence-electron chi connectivity index (χ3n) is 6.74. The number of halogens is 2. The molecule has 37 heavy (non-hydrogen) atoms. The maximum atomic E-state index is 13.2. The number of sulfonamides is 1. The van der Waals surface area contributed by atoms with Crippen LogP contribution in [0.1, 0.15) is 43.4 Å². The summed E-state index contributed by atoms with van der Waals surface area (Å²) in [4.78, 5) is 0.168. The molecule has 0 radical (unpaired) electrons. The number of ether oxygens (including phenoxy) is 2. The second-order valence-corrected chi connectivity index (χ2v) is 11.6. The van der Waals surface area contributed by atoms with E-state index in [0.717, 1.165) is 34.7 Å². The van der Waals surface area contributed by atoms with Crippen LogP contribution < -0.4 is 19.5 Å². The van der Waals surface area contributed by atoms with Crippen LogP contribution in [0.4, 0.5) is 11.4 Å². The minimum absolute atomic E-state index is 0.0354. The van der Waals surface area contributed by atoms with Crippen LogP contribution in [-0.2, 0) is 10.0 Å². The van der Waals surface area contributed by atoms with Gasteiger partial charge in [0, 0.05) is 16.6 Å². The number of benzene rings is 3. The van der Waals surface area contributed by atoms with Crippen LogP contribution in [-0.4, -0.2) is 21.6 Å². The molecule has 0 saturated carbocycles. The lowest BCUT2D eigenvalue weighted by Gasteiger charge is -2.38. The van der Waals surface area contributed by atoms with E-state index in [2.05, 4.69) is 28.3 Å². The van der Waals surface area contributed by atoms with Gasteiger partial charge in [-0.05, 0) is 85.8 Å². The van der Waals surface area contributed by atoms with Crippen LogP contribution in [0.25, 0.3) is 0 Å². The van der Waals surface area contributed by atoms with Crippen LogP contribution in [0.15, 0.2) is 71.6 Å². The zero-order chi connectivity index (χ0) is 26.2. The van der Waals surface area contributed by atoms with E-state index in [0.29, 0.717) is 18.2 Å². The van der Waals surface area contributed by atoms with Gasteiger partial charge in [-0.25, -0.2) is 8.42 Å². The summed E-state index contributed by atoms with van der Waals surface area (Å²) in [6, 6.07) is 16.0. The monoisotopic (exact) mass is 558 g/mol. The van der Waals surface area contributed by atoms with Gasteiger partial charge in [0.1, 0.15) is 0 Å². The highest BCUT2D eigenvalue weighted by atomic mass is 35.5. The number of hydrogen-bond donors (Lipinski definition) is 2. The first-order chi connectivity index (χ1) is 17.8. The largest absolute Gasteiger partial charge is 0.490 e. The van der Waals surface area contributed by atoms with Crippen molar-refractivity contribution in [2.24, 2.45) is 5.92 Å². The van der Waals surface area contributed by atoms with Crippen LogP contribution in [0.5, 0.6) is 11.5 Å². The standard InChI is InChI=1S/C28H28Cl2N2O4S/c1-3-35-26-13-8-17(14-27(26)36-4-2)28-21-7-5-6-20(21)22-16-19(10-12-24(22)31-28)37(33,34)32-25-15-18(29)9-11-23(25)30/h5-6,8-16,20-21,28,31-32H,3-4,7H2,1-2H3/t20-,21+,28+/m0/s1. The normalized spacial score (nSPS) is 20.1. The van der Waals surface area contributed by atoms with E-state index in [1.54, 1.807) is 24.3 Å². The van der Waals surface area contributed by atoms with Crippen molar-refractivity contribution in [3.63, 3.8) is 0 Å². The quantitative estimate of drug-likeness (QED) is 0.281. The SMILES string of the molecule is CCOc1ccc([C@H]2Nc3ccc(S(=O)(=O)Nc4cc(Cl)ccc4Cl)cc3[C@H]3C=CC[C@H]32)cc1OCC. The maximum absolute atomic E-state index is 13.2. The Morgan fingerprint density at radius 1 is 0.973 bits per heavy atom. The number of fused-ring (bicyclic) bond motifs is 3. The minimum atomic E-state index is -3.88. The molecule has 1 heterocycles. The molecule has 9 heteroatoms. The number of anilines is 2. The van der Waals surface area contributed by atoms with Gasteiger partial charge in [-0.15, -0.1) is 0 Å². The predicted octanol–water partition coefficient (Wildman–Crippen LogP) is 7.42. The molecule has 0 saturated heterocycles. The molecule has 6 nitrogen and oxygen atoms in total. The molecule has 5 rings (SSSR count). The van der Waals surface area contributed by atoms with Crippen molar-refractivity contribution in [3.8, 4) is 11.5 Å². The highest BCUT2D eigenvalue weighted by Gasteiger charge is 2.38. The van der Waals surface area contributed by atoms with E-state index < -0.39 is 10.0 Å². The van der Waals surface area contributed by atoms with Crippen molar-refractivity contribution in [2.75, 3.05) is 23.3 Å². The zero-order valence-electron chi connectivity index (χ0n) is 20.5. The summed E-state index contributed by atoms with van der Waals surface area (Å²) in [5.41, 5.74) is 3.20. The summed E-state index contributed by atoms with van der Waals surface area (Å²) in [7, 11) is -3.88. The average Bonchev–Trinajstić information content (AvgIpc) is 3.37. The van der Waals surface area contributed by atoms with Crippen LogP contribution >= 0.6 is 23.2 Å². The third kappa shape index (κ3) is 5.13. The summed E-state index contributed by atoms with van der Waals surface area (Å²) in [5, 5.41) is 4.33. The first-order valence-electron chi connectivity index (χ1n) is 12.2. The Bertz CT molecular complexity index is 1460. The fraction of sp³-hybridized carbons (Fsp3) is 0.286. The van der Waals surface area contributed by atoms with Gasteiger partial charge in [-0.2, -0.15) is 0 Å². The molecule has 0 fully saturated rings. The maximum Gasteiger partial charge on any atom is 0.261 e. The molecule has 1 aliphatic carbocycles. The number of nitrogens with one attached hydrogen (secondary N) is 2. The van der Waals surface area contributed by atoms with Crippen molar-refractivity contribution in [1.29, 1.82) is 0 Å². The third-order valence-corrected chi connectivity index (χ3v) is 8.67. The van der Waals surface area contributed by atoms with Crippen molar-refractivity contribution in [2.45, 2.75) is 37.1 Å². The Labute approximate surface area is 227 Å². The molecule has 3 aromatic carbocycles. The van der Waals surface area contributed by atoms with Gasteiger partial charge in [0.05, 0.1) is 34.9 Å². The lowest BCUT2D eigenvalue weighted by atomic mass is 9.77. The van der Waals surface area contributed by atoms with E-state index in [4.69, 9.17) is 32.7 Å². The summed E-state index contributed by atoms with van der Waals surface area (Å²) in [5.74, 6) is 1.76. The molecule has 194 valence electrons. The van der Waals surface area contributed by atoms with E-state index in [1.807, 2.05) is 32.0 Å². The van der Waals surface area contributed by atoms with E-state index in [9.17, 15) is 8.42 Å². The Morgan fingerprint density at radius 2 is 1.76 bits per heavy atom. The molecule has 0 unspecified atom stereocenters. The number of allylic oxidation sites excluding steroid dienone is 2. The van der Waals surface area contributed by atoms with Crippen molar-refractivity contribution in [3.05, 3.63) is 87.9 Å². The summed E-state index contributed by atoms with van der Waals surface area (Å²) in [6.07, 6.45) is 5.22. The molecule has 0 bridgehead atoms. The van der Waals surface area contributed by atoms with Gasteiger partial charge in [-0.1, -0.05) is 41.4 Å². The Kier molecular flexibility index (Phi) is 7.30. The fourth-order valence-corrected chi connectivity index (χ4v) is 6.61. The Balaban J connectivity index is 1.47. The van der Waals surface area contributed by atoms with Crippen LogP contribution in [0.2, 0.25) is 10.0 Å². The molecule has 2 N–H and O–H groups in total. The minimum Gasteiger partial charge on any atom is -0.490 e. The highest BCUT2D eigenvalue weighted by Crippen LogP contribution is 2.51. The topological polar surface area (TPSA) is 76.7 Å². The predicted molar refractivity (Wildman–Crippen MR) is 149 cm³/mol. The number of rotatable bonds is 8. The smallest absolute Gasteiger partial charge is 0.261 e. The first-order valence-corrected chi connectivity index (χ1v) is 14.5. The molecule has 1 aliphatic heterocycles. The van der Waals surface area contributed by atoms with Gasteiger partial charge >= 0.3 is 0 Å². The second kappa shape index (κ2) is 10.5. The van der Waals surface area contributed by atoms with Gasteiger partial charge < -0.3 is 14.8 Å². The second-order valence-electron chi connectivity index (χ2n) is 9.03. The lowest BCUT2D eigenvalue weighted by molar-refractivity contribution is 0.287. The summed E-state index contributed by atoms with van der Waals surface area (Å²) < 4.78 is 40.6. The van der Waals surface area contributed by atoms with Gasteiger partial charge in [0.2, 0.25) is 0 Å². The molecule has 2 aliphatic rings. The molecular weight excluding hydrogens is 531 g/mol. The van der Waals surface area contributed by atoms with Crippen molar-refractivity contribution in [1.82, 2.24) is 0 Å². The highest BCUT2D eigenvalue weighted by molar-refractivity contribution is 7.92. The van der Waals surface area contributed by atoms with Crippen molar-refractivity contribution < 1.29 is 17.9 Å². The molecule has 3 atom stereocenters. The summed E-state index contributed by atoms with van der Waals surface area (Å²) in [6.45, 7) is 5.01. The van der Waals surface area contributed by atoms with Gasteiger partial charge in [0.25, 0.3) is 10.0 Å². The molecular formula is C28H28Cl2N2O4S. The Hall–Kier alpha value is -2.87. The van der Waals surface area contributed by atoms with Crippen molar-refractivity contribution >= 4 is 44.6 Å². The van der Waals surface area contributed by atoms with Crippen LogP contribution in [0.3, 0.4) is 0 Å². The van der Waals surface area contributed by atoms with E-state index >= 15 is 0 Å². The van der Waals surface area contributed by atoms with Gasteiger partial charge in [0.15, 0.2) is 11.5 Å². The lowest BCUT2D eigenvalue weighted by Crippen LogP contribution is -2.29. The molecule has 0 aromatic heterocycles. The average molecular weight is 560 g/mol.